The van der Waals surface area contributed by atoms with Crippen molar-refractivity contribution in [2.45, 2.75) is 79.3 Å². The zero-order chi connectivity index (χ0) is 23.4. The summed E-state index contributed by atoms with van der Waals surface area (Å²) in [4.78, 5) is 30.6. The smallest absolute Gasteiger partial charge is 0.253 e. The molecule has 2 N–H and O–H groups in total. The fourth-order valence-corrected chi connectivity index (χ4v) is 5.27. The SMILES string of the molecule is CCC1CCC(N(CC)c2cc(Cl)cc(C(=O)NCc3c(C)cc(C)[nH]c3=O)c2C)CC1. The minimum atomic E-state index is -0.212. The molecule has 1 heterocycles. The summed E-state index contributed by atoms with van der Waals surface area (Å²) in [7, 11) is 0. The number of carbonyl (C=O) groups excluding carboxylic acids is 1. The van der Waals surface area contributed by atoms with E-state index in [0.29, 0.717) is 22.2 Å². The Morgan fingerprint density at radius 2 is 1.81 bits per heavy atom. The lowest BCUT2D eigenvalue weighted by atomic mass is 9.83. The molecule has 1 saturated carbocycles. The highest BCUT2D eigenvalue weighted by molar-refractivity contribution is 6.31. The molecule has 2 aromatic rings. The lowest BCUT2D eigenvalue weighted by Crippen LogP contribution is -2.39. The van der Waals surface area contributed by atoms with Crippen molar-refractivity contribution in [3.05, 3.63) is 61.5 Å². The number of nitrogens with zero attached hydrogens (tertiary/aromatic N) is 1. The third-order valence-corrected chi connectivity index (χ3v) is 7.21. The molecule has 32 heavy (non-hydrogen) atoms. The number of hydrogen-bond acceptors (Lipinski definition) is 3. The van der Waals surface area contributed by atoms with E-state index >= 15 is 0 Å². The predicted molar refractivity (Wildman–Crippen MR) is 133 cm³/mol. The van der Waals surface area contributed by atoms with Crippen molar-refractivity contribution in [1.29, 1.82) is 0 Å². The van der Waals surface area contributed by atoms with Gasteiger partial charge in [0, 0.05) is 46.7 Å². The first-order valence-electron chi connectivity index (χ1n) is 11.8. The average Bonchev–Trinajstić information content (AvgIpc) is 2.75. The summed E-state index contributed by atoms with van der Waals surface area (Å²) in [6.07, 6.45) is 6.12. The number of aromatic amines is 1. The Labute approximate surface area is 196 Å². The number of benzene rings is 1. The van der Waals surface area contributed by atoms with Crippen LogP contribution in [0.1, 0.15) is 78.7 Å². The van der Waals surface area contributed by atoms with E-state index in [1.54, 1.807) is 6.07 Å². The summed E-state index contributed by atoms with van der Waals surface area (Å²) in [5.41, 5.74) is 4.63. The maximum atomic E-state index is 13.1. The summed E-state index contributed by atoms with van der Waals surface area (Å²) < 4.78 is 0. The summed E-state index contributed by atoms with van der Waals surface area (Å²) in [5.74, 6) is 0.622. The van der Waals surface area contributed by atoms with Gasteiger partial charge in [0.1, 0.15) is 0 Å². The summed E-state index contributed by atoms with van der Waals surface area (Å²) in [6, 6.07) is 6.10. The van der Waals surface area contributed by atoms with Gasteiger partial charge in [0.2, 0.25) is 0 Å². The fourth-order valence-electron chi connectivity index (χ4n) is 5.05. The number of halogens is 1. The molecule has 0 spiro atoms. The van der Waals surface area contributed by atoms with Crippen molar-refractivity contribution >= 4 is 23.2 Å². The van der Waals surface area contributed by atoms with Crippen molar-refractivity contribution in [2.24, 2.45) is 5.92 Å². The van der Waals surface area contributed by atoms with Crippen LogP contribution < -0.4 is 15.8 Å². The minimum Gasteiger partial charge on any atom is -0.369 e. The van der Waals surface area contributed by atoms with Crippen LogP contribution in [-0.4, -0.2) is 23.5 Å². The molecule has 1 fully saturated rings. The predicted octanol–water partition coefficient (Wildman–Crippen LogP) is 5.68. The zero-order valence-electron chi connectivity index (χ0n) is 20.0. The average molecular weight is 458 g/mol. The number of anilines is 1. The van der Waals surface area contributed by atoms with Crippen molar-refractivity contribution in [1.82, 2.24) is 10.3 Å². The Balaban J connectivity index is 1.82. The van der Waals surface area contributed by atoms with Crippen LogP contribution in [0.2, 0.25) is 5.02 Å². The number of nitrogens with one attached hydrogen (secondary N) is 2. The van der Waals surface area contributed by atoms with Gasteiger partial charge in [-0.2, -0.15) is 0 Å². The number of rotatable bonds is 7. The van der Waals surface area contributed by atoms with Gasteiger partial charge in [-0.15, -0.1) is 0 Å². The molecule has 0 unspecified atom stereocenters. The van der Waals surface area contributed by atoms with Gasteiger partial charge in [0.15, 0.2) is 0 Å². The Bertz CT molecular complexity index is 1020. The largest absolute Gasteiger partial charge is 0.369 e. The second-order valence-electron chi connectivity index (χ2n) is 9.09. The molecule has 1 aromatic carbocycles. The first-order valence-corrected chi connectivity index (χ1v) is 12.2. The van der Waals surface area contributed by atoms with Gasteiger partial charge in [0.05, 0.1) is 0 Å². The molecule has 174 valence electrons. The number of hydrogen-bond donors (Lipinski definition) is 2. The number of amides is 1. The molecule has 1 aliphatic carbocycles. The molecule has 0 bridgehead atoms. The van der Waals surface area contributed by atoms with Crippen LogP contribution in [0.15, 0.2) is 23.0 Å². The molecular weight excluding hydrogens is 422 g/mol. The van der Waals surface area contributed by atoms with Crippen molar-refractivity contribution < 1.29 is 4.79 Å². The summed E-state index contributed by atoms with van der Waals surface area (Å²) >= 11 is 6.48. The van der Waals surface area contributed by atoms with E-state index in [1.165, 1.54) is 32.1 Å². The van der Waals surface area contributed by atoms with Gasteiger partial charge in [-0.1, -0.05) is 24.9 Å². The first-order chi connectivity index (χ1) is 15.2. The molecule has 3 rings (SSSR count). The lowest BCUT2D eigenvalue weighted by molar-refractivity contribution is 0.0950. The van der Waals surface area contributed by atoms with Gasteiger partial charge in [-0.3, -0.25) is 9.59 Å². The normalized spacial score (nSPS) is 18.4. The molecular formula is C26H36ClN3O2. The van der Waals surface area contributed by atoms with Gasteiger partial charge >= 0.3 is 0 Å². The number of carbonyl (C=O) groups is 1. The topological polar surface area (TPSA) is 65.2 Å². The molecule has 0 radical (unpaired) electrons. The van der Waals surface area contributed by atoms with Crippen LogP contribution in [0, 0.1) is 26.7 Å². The maximum Gasteiger partial charge on any atom is 0.253 e. The zero-order valence-corrected chi connectivity index (χ0v) is 20.7. The van der Waals surface area contributed by atoms with E-state index in [1.807, 2.05) is 32.9 Å². The maximum absolute atomic E-state index is 13.1. The van der Waals surface area contributed by atoms with Crippen molar-refractivity contribution in [2.75, 3.05) is 11.4 Å². The Morgan fingerprint density at radius 3 is 2.41 bits per heavy atom. The fraction of sp³-hybridized carbons (Fsp3) is 0.538. The van der Waals surface area contributed by atoms with E-state index in [4.69, 9.17) is 11.6 Å². The van der Waals surface area contributed by atoms with Crippen molar-refractivity contribution in [3.63, 3.8) is 0 Å². The second kappa shape index (κ2) is 10.6. The molecule has 0 saturated heterocycles. The van der Waals surface area contributed by atoms with Gasteiger partial charge in [-0.05, 0) is 88.6 Å². The molecule has 1 amide bonds. The summed E-state index contributed by atoms with van der Waals surface area (Å²) in [5, 5.41) is 3.48. The van der Waals surface area contributed by atoms with Crippen LogP contribution in [0.5, 0.6) is 0 Å². The number of H-pyrrole nitrogens is 1. The molecule has 1 aliphatic rings. The standard InChI is InChI=1S/C26H36ClN3O2/c1-6-19-8-10-21(11-9-19)30(7-2)24-14-20(27)13-22(18(24)5)25(31)28-15-23-16(3)12-17(4)29-26(23)32/h12-14,19,21H,6-11,15H2,1-5H3,(H,28,31)(H,29,32). The van der Waals surface area contributed by atoms with E-state index in [-0.39, 0.29) is 18.0 Å². The highest BCUT2D eigenvalue weighted by Gasteiger charge is 2.27. The Hall–Kier alpha value is -2.27. The molecule has 1 aromatic heterocycles. The number of aryl methyl sites for hydroxylation is 2. The first kappa shape index (κ1) is 24.4. The quantitative estimate of drug-likeness (QED) is 0.562. The van der Waals surface area contributed by atoms with Crippen LogP contribution in [-0.2, 0) is 6.54 Å². The molecule has 0 aliphatic heterocycles. The molecule has 5 nitrogen and oxygen atoms in total. The van der Waals surface area contributed by atoms with Crippen LogP contribution in [0.4, 0.5) is 5.69 Å². The van der Waals surface area contributed by atoms with Crippen molar-refractivity contribution in [3.8, 4) is 0 Å². The monoisotopic (exact) mass is 457 g/mol. The molecule has 6 heteroatoms. The Kier molecular flexibility index (Phi) is 8.05. The van der Waals surface area contributed by atoms with Gasteiger partial charge in [-0.25, -0.2) is 0 Å². The minimum absolute atomic E-state index is 0.161. The highest BCUT2D eigenvalue weighted by atomic mass is 35.5. The lowest BCUT2D eigenvalue weighted by Gasteiger charge is -2.38. The van der Waals surface area contributed by atoms with E-state index in [2.05, 4.69) is 29.0 Å². The van der Waals surface area contributed by atoms with Crippen LogP contribution >= 0.6 is 11.6 Å². The van der Waals surface area contributed by atoms with Gasteiger partial charge < -0.3 is 15.2 Å². The third kappa shape index (κ3) is 5.37. The van der Waals surface area contributed by atoms with Crippen LogP contribution in [0.3, 0.4) is 0 Å². The molecule has 0 atom stereocenters. The number of pyridine rings is 1. The van der Waals surface area contributed by atoms with E-state index < -0.39 is 0 Å². The van der Waals surface area contributed by atoms with Crippen LogP contribution in [0.25, 0.3) is 0 Å². The summed E-state index contributed by atoms with van der Waals surface area (Å²) in [6.45, 7) is 11.2. The highest BCUT2D eigenvalue weighted by Crippen LogP contribution is 2.35. The van der Waals surface area contributed by atoms with E-state index in [0.717, 1.165) is 35.0 Å². The number of aromatic nitrogens is 1. The second-order valence-corrected chi connectivity index (χ2v) is 9.53. The van der Waals surface area contributed by atoms with Gasteiger partial charge in [0.25, 0.3) is 11.5 Å². The van der Waals surface area contributed by atoms with E-state index in [9.17, 15) is 9.59 Å². The third-order valence-electron chi connectivity index (χ3n) is 6.99. The Morgan fingerprint density at radius 1 is 1.12 bits per heavy atom.